The number of hydrogen-bond acceptors (Lipinski definition) is 5. The summed E-state index contributed by atoms with van der Waals surface area (Å²) < 4.78 is 11.4. The molecule has 6 heteroatoms. The zero-order valence-electron chi connectivity index (χ0n) is 15.5. The molecule has 3 aromatic rings. The molecule has 4 rings (SSSR count). The fourth-order valence-corrected chi connectivity index (χ4v) is 3.76. The quantitative estimate of drug-likeness (QED) is 0.641. The number of nitrogens with zero attached hydrogens (tertiary/aromatic N) is 1. The summed E-state index contributed by atoms with van der Waals surface area (Å²) in [7, 11) is 0. The first-order chi connectivity index (χ1) is 13.1. The van der Waals surface area contributed by atoms with Crippen LogP contribution in [0.25, 0.3) is 0 Å². The van der Waals surface area contributed by atoms with Crippen LogP contribution in [0.1, 0.15) is 56.9 Å². The molecule has 1 saturated carbocycles. The van der Waals surface area contributed by atoms with Crippen LogP contribution in [0.4, 0.5) is 0 Å². The molecule has 0 bridgehead atoms. The third-order valence-corrected chi connectivity index (χ3v) is 5.58. The van der Waals surface area contributed by atoms with Crippen molar-refractivity contribution in [3.05, 3.63) is 69.1 Å². The van der Waals surface area contributed by atoms with Gasteiger partial charge >= 0.3 is 0 Å². The SMILES string of the molecule is Cc1ccc(C)c(OCc2ccc(C(=O)NCc3csc(C4CC4)n3)o2)c1. The molecule has 1 N–H and O–H groups in total. The number of thiazole rings is 1. The number of nitrogens with one attached hydrogen (secondary N) is 1. The monoisotopic (exact) mass is 382 g/mol. The molecule has 27 heavy (non-hydrogen) atoms. The predicted octanol–water partition coefficient (Wildman–Crippen LogP) is 4.74. The highest BCUT2D eigenvalue weighted by Gasteiger charge is 2.26. The summed E-state index contributed by atoms with van der Waals surface area (Å²) >= 11 is 1.68. The van der Waals surface area contributed by atoms with Crippen molar-refractivity contribution in [2.75, 3.05) is 0 Å². The summed E-state index contributed by atoms with van der Waals surface area (Å²) in [5, 5.41) is 6.06. The van der Waals surface area contributed by atoms with Crippen molar-refractivity contribution in [1.82, 2.24) is 10.3 Å². The minimum absolute atomic E-state index is 0.242. The summed E-state index contributed by atoms with van der Waals surface area (Å²) in [6.07, 6.45) is 2.47. The summed E-state index contributed by atoms with van der Waals surface area (Å²) in [4.78, 5) is 16.9. The lowest BCUT2D eigenvalue weighted by molar-refractivity contribution is 0.0918. The van der Waals surface area contributed by atoms with Gasteiger partial charge in [0.2, 0.25) is 0 Å². The van der Waals surface area contributed by atoms with Crippen molar-refractivity contribution in [3.63, 3.8) is 0 Å². The molecule has 2 aromatic heterocycles. The van der Waals surface area contributed by atoms with Crippen LogP contribution in [-0.4, -0.2) is 10.9 Å². The fraction of sp³-hybridized carbons (Fsp3) is 0.333. The Kier molecular flexibility index (Phi) is 4.99. The normalized spacial score (nSPS) is 13.6. The summed E-state index contributed by atoms with van der Waals surface area (Å²) in [6, 6.07) is 9.52. The topological polar surface area (TPSA) is 64.4 Å². The molecule has 2 heterocycles. The van der Waals surface area contributed by atoms with Gasteiger partial charge in [-0.1, -0.05) is 12.1 Å². The van der Waals surface area contributed by atoms with E-state index in [4.69, 9.17) is 9.15 Å². The van der Waals surface area contributed by atoms with Crippen molar-refractivity contribution < 1.29 is 13.9 Å². The molecule has 0 spiro atoms. The summed E-state index contributed by atoms with van der Waals surface area (Å²) in [6.45, 7) is 4.73. The molecular weight excluding hydrogens is 360 g/mol. The van der Waals surface area contributed by atoms with E-state index in [-0.39, 0.29) is 18.3 Å². The molecule has 1 amide bonds. The van der Waals surface area contributed by atoms with Gasteiger partial charge in [-0.2, -0.15) is 0 Å². The molecule has 1 fully saturated rings. The maximum Gasteiger partial charge on any atom is 0.287 e. The number of carbonyl (C=O) groups excluding carboxylic acids is 1. The van der Waals surface area contributed by atoms with Crippen LogP contribution in [0.5, 0.6) is 5.75 Å². The Morgan fingerprint density at radius 1 is 1.30 bits per heavy atom. The van der Waals surface area contributed by atoms with Gasteiger partial charge in [0, 0.05) is 11.3 Å². The van der Waals surface area contributed by atoms with Gasteiger partial charge in [0.25, 0.3) is 5.91 Å². The highest BCUT2D eigenvalue weighted by Crippen LogP contribution is 2.41. The number of rotatable bonds is 7. The minimum atomic E-state index is -0.242. The van der Waals surface area contributed by atoms with Crippen LogP contribution in [0.15, 0.2) is 40.1 Å². The number of hydrogen-bond donors (Lipinski definition) is 1. The van der Waals surface area contributed by atoms with Crippen molar-refractivity contribution in [2.24, 2.45) is 0 Å². The van der Waals surface area contributed by atoms with E-state index in [9.17, 15) is 4.79 Å². The summed E-state index contributed by atoms with van der Waals surface area (Å²) in [5.74, 6) is 2.13. The van der Waals surface area contributed by atoms with Crippen molar-refractivity contribution >= 4 is 17.2 Å². The molecule has 1 aromatic carbocycles. The molecular formula is C21H22N2O3S. The van der Waals surface area contributed by atoms with Crippen LogP contribution in [-0.2, 0) is 13.2 Å². The van der Waals surface area contributed by atoms with Crippen LogP contribution in [0.3, 0.4) is 0 Å². The standard InChI is InChI=1S/C21H22N2O3S/c1-13-3-4-14(2)19(9-13)25-11-17-7-8-18(26-17)20(24)22-10-16-12-27-21(23-16)15-5-6-15/h3-4,7-9,12,15H,5-6,10-11H2,1-2H3,(H,22,24). The van der Waals surface area contributed by atoms with E-state index in [1.807, 2.05) is 37.4 Å². The number of furan rings is 1. The minimum Gasteiger partial charge on any atom is -0.485 e. The highest BCUT2D eigenvalue weighted by molar-refractivity contribution is 7.09. The van der Waals surface area contributed by atoms with E-state index in [1.54, 1.807) is 23.5 Å². The second kappa shape index (κ2) is 7.56. The highest BCUT2D eigenvalue weighted by atomic mass is 32.1. The second-order valence-corrected chi connectivity index (χ2v) is 7.85. The smallest absolute Gasteiger partial charge is 0.287 e. The number of benzene rings is 1. The Bertz CT molecular complexity index is 956. The Morgan fingerprint density at radius 2 is 2.15 bits per heavy atom. The lowest BCUT2D eigenvalue weighted by Gasteiger charge is -2.08. The Balaban J connectivity index is 1.31. The lowest BCUT2D eigenvalue weighted by atomic mass is 10.1. The average Bonchev–Trinajstić information content (AvgIpc) is 3.21. The van der Waals surface area contributed by atoms with E-state index in [0.29, 0.717) is 18.2 Å². The van der Waals surface area contributed by atoms with Crippen molar-refractivity contribution in [1.29, 1.82) is 0 Å². The molecule has 0 aliphatic heterocycles. The number of aryl methyl sites for hydroxylation is 2. The van der Waals surface area contributed by atoms with Crippen LogP contribution < -0.4 is 10.1 Å². The van der Waals surface area contributed by atoms with Crippen LogP contribution in [0.2, 0.25) is 0 Å². The van der Waals surface area contributed by atoms with E-state index in [2.05, 4.69) is 10.3 Å². The molecule has 1 aliphatic rings. The van der Waals surface area contributed by atoms with Crippen LogP contribution >= 0.6 is 11.3 Å². The number of amides is 1. The Labute approximate surface area is 162 Å². The lowest BCUT2D eigenvalue weighted by Crippen LogP contribution is -2.22. The first-order valence-electron chi connectivity index (χ1n) is 9.10. The predicted molar refractivity (Wildman–Crippen MR) is 104 cm³/mol. The Hall–Kier alpha value is -2.60. The molecule has 5 nitrogen and oxygen atoms in total. The van der Waals surface area contributed by atoms with Gasteiger partial charge < -0.3 is 14.5 Å². The second-order valence-electron chi connectivity index (χ2n) is 6.96. The first kappa shape index (κ1) is 17.8. The van der Waals surface area contributed by atoms with E-state index >= 15 is 0 Å². The molecule has 140 valence electrons. The van der Waals surface area contributed by atoms with Gasteiger partial charge in [0.15, 0.2) is 5.76 Å². The third-order valence-electron chi connectivity index (χ3n) is 4.53. The first-order valence-corrected chi connectivity index (χ1v) is 9.98. The largest absolute Gasteiger partial charge is 0.485 e. The fourth-order valence-electron chi connectivity index (χ4n) is 2.77. The molecule has 1 aliphatic carbocycles. The number of aromatic nitrogens is 1. The van der Waals surface area contributed by atoms with Crippen molar-refractivity contribution in [2.45, 2.75) is 45.8 Å². The molecule has 0 unspecified atom stereocenters. The van der Waals surface area contributed by atoms with E-state index in [1.165, 1.54) is 17.8 Å². The van der Waals surface area contributed by atoms with Gasteiger partial charge in [-0.25, -0.2) is 4.98 Å². The summed E-state index contributed by atoms with van der Waals surface area (Å²) in [5.41, 5.74) is 3.11. The average molecular weight is 382 g/mol. The molecule has 0 atom stereocenters. The van der Waals surface area contributed by atoms with Gasteiger partial charge in [-0.3, -0.25) is 4.79 Å². The zero-order valence-corrected chi connectivity index (χ0v) is 16.3. The van der Waals surface area contributed by atoms with E-state index in [0.717, 1.165) is 22.6 Å². The van der Waals surface area contributed by atoms with Gasteiger partial charge in [-0.15, -0.1) is 11.3 Å². The maximum atomic E-state index is 12.3. The van der Waals surface area contributed by atoms with Gasteiger partial charge in [0.05, 0.1) is 17.2 Å². The van der Waals surface area contributed by atoms with Gasteiger partial charge in [-0.05, 0) is 56.0 Å². The molecule has 0 saturated heterocycles. The van der Waals surface area contributed by atoms with Crippen LogP contribution in [0, 0.1) is 13.8 Å². The van der Waals surface area contributed by atoms with Crippen molar-refractivity contribution in [3.8, 4) is 5.75 Å². The van der Waals surface area contributed by atoms with Gasteiger partial charge in [0.1, 0.15) is 18.1 Å². The zero-order chi connectivity index (χ0) is 18.8. The number of ether oxygens (including phenoxy) is 1. The number of carbonyl (C=O) groups is 1. The Morgan fingerprint density at radius 3 is 2.96 bits per heavy atom. The van der Waals surface area contributed by atoms with E-state index < -0.39 is 0 Å². The molecule has 0 radical (unpaired) electrons. The maximum absolute atomic E-state index is 12.3. The third kappa shape index (κ3) is 4.39.